The molecule has 7 nitrogen and oxygen atoms in total. The maximum Gasteiger partial charge on any atom is 0.248 e. The minimum atomic E-state index is -0.262. The third-order valence-electron chi connectivity index (χ3n) is 4.04. The summed E-state index contributed by atoms with van der Waals surface area (Å²) in [6.45, 7) is 3.90. The number of methoxy groups -OCH3 is 2. The van der Waals surface area contributed by atoms with Gasteiger partial charge in [-0.2, -0.15) is 5.10 Å². The van der Waals surface area contributed by atoms with Crippen LogP contribution in [0.15, 0.2) is 48.7 Å². The van der Waals surface area contributed by atoms with Crippen molar-refractivity contribution < 1.29 is 14.3 Å². The second-order valence-corrected chi connectivity index (χ2v) is 6.21. The van der Waals surface area contributed by atoms with Gasteiger partial charge >= 0.3 is 0 Å². The lowest BCUT2D eigenvalue weighted by Gasteiger charge is -2.06. The van der Waals surface area contributed by atoms with E-state index >= 15 is 0 Å². The van der Waals surface area contributed by atoms with Crippen LogP contribution in [0.4, 0.5) is 5.69 Å². The Kier molecular flexibility index (Phi) is 5.74. The highest BCUT2D eigenvalue weighted by Gasteiger charge is 2.06. The molecule has 144 valence electrons. The summed E-state index contributed by atoms with van der Waals surface area (Å²) in [6, 6.07) is 11.0. The number of nitrogens with zero attached hydrogens (tertiary/aromatic N) is 3. The van der Waals surface area contributed by atoms with Crippen LogP contribution in [-0.4, -0.2) is 34.9 Å². The molecule has 1 N–H and O–H groups in total. The van der Waals surface area contributed by atoms with Crippen LogP contribution in [0, 0.1) is 13.8 Å². The van der Waals surface area contributed by atoms with Crippen molar-refractivity contribution in [1.29, 1.82) is 0 Å². The van der Waals surface area contributed by atoms with Crippen molar-refractivity contribution in [2.75, 3.05) is 19.5 Å². The van der Waals surface area contributed by atoms with Gasteiger partial charge in [0.15, 0.2) is 5.82 Å². The van der Waals surface area contributed by atoms with Crippen molar-refractivity contribution in [3.05, 3.63) is 65.6 Å². The maximum absolute atomic E-state index is 12.2. The number of aromatic nitrogens is 3. The van der Waals surface area contributed by atoms with E-state index in [1.54, 1.807) is 43.3 Å². The number of hydrogen-bond acceptors (Lipinski definition) is 5. The van der Waals surface area contributed by atoms with Gasteiger partial charge < -0.3 is 14.8 Å². The van der Waals surface area contributed by atoms with Gasteiger partial charge in [-0.1, -0.05) is 0 Å². The zero-order chi connectivity index (χ0) is 20.1. The summed E-state index contributed by atoms with van der Waals surface area (Å²) >= 11 is 0. The fraction of sp³-hybridized carbons (Fsp3) is 0.190. The SMILES string of the molecule is COc1cc(/C=C/C(=O)Nc2ccc(-n3nc(C)cc3C)nc2)cc(OC)c1. The van der Waals surface area contributed by atoms with E-state index in [-0.39, 0.29) is 5.91 Å². The number of benzene rings is 1. The fourth-order valence-electron chi connectivity index (χ4n) is 2.73. The third-order valence-corrected chi connectivity index (χ3v) is 4.04. The summed E-state index contributed by atoms with van der Waals surface area (Å²) in [5.74, 6) is 1.75. The molecule has 0 aliphatic carbocycles. The molecule has 0 spiro atoms. The van der Waals surface area contributed by atoms with Gasteiger partial charge in [-0.05, 0) is 55.8 Å². The molecule has 0 fully saturated rings. The van der Waals surface area contributed by atoms with Gasteiger partial charge in [0.05, 0.1) is 31.8 Å². The molecule has 2 heterocycles. The van der Waals surface area contributed by atoms with Crippen LogP contribution in [0.2, 0.25) is 0 Å². The largest absolute Gasteiger partial charge is 0.497 e. The predicted molar refractivity (Wildman–Crippen MR) is 108 cm³/mol. The Morgan fingerprint density at radius 3 is 2.32 bits per heavy atom. The molecular weight excluding hydrogens is 356 g/mol. The molecule has 28 heavy (non-hydrogen) atoms. The summed E-state index contributed by atoms with van der Waals surface area (Å²) in [7, 11) is 3.16. The number of aryl methyl sites for hydroxylation is 2. The highest BCUT2D eigenvalue weighted by Crippen LogP contribution is 2.23. The standard InChI is InChI=1S/C21H22N4O3/c1-14-9-15(2)25(24-14)20-7-6-17(13-22-20)23-21(26)8-5-16-10-18(27-3)12-19(11-16)28-4/h5-13H,1-4H3,(H,23,26)/b8-5+. The van der Waals surface area contributed by atoms with Crippen molar-refractivity contribution in [3.8, 4) is 17.3 Å². The second-order valence-electron chi connectivity index (χ2n) is 6.21. The average molecular weight is 378 g/mol. The average Bonchev–Trinajstić information content (AvgIpc) is 3.04. The Morgan fingerprint density at radius 2 is 1.79 bits per heavy atom. The molecule has 0 atom stereocenters. The highest BCUT2D eigenvalue weighted by atomic mass is 16.5. The molecule has 0 saturated carbocycles. The number of rotatable bonds is 6. The lowest BCUT2D eigenvalue weighted by atomic mass is 10.2. The molecule has 2 aromatic heterocycles. The van der Waals surface area contributed by atoms with E-state index in [1.165, 1.54) is 6.08 Å². The Hall–Kier alpha value is -3.61. The quantitative estimate of drug-likeness (QED) is 0.664. The van der Waals surface area contributed by atoms with Crippen LogP contribution in [0.3, 0.4) is 0 Å². The number of carbonyl (C=O) groups excluding carboxylic acids is 1. The summed E-state index contributed by atoms with van der Waals surface area (Å²) in [5, 5.41) is 7.18. The zero-order valence-electron chi connectivity index (χ0n) is 16.3. The van der Waals surface area contributed by atoms with Gasteiger partial charge in [-0.15, -0.1) is 0 Å². The van der Waals surface area contributed by atoms with Crippen LogP contribution >= 0.6 is 0 Å². The Labute approximate surface area is 163 Å². The minimum absolute atomic E-state index is 0.262. The van der Waals surface area contributed by atoms with Crippen molar-refractivity contribution >= 4 is 17.7 Å². The Balaban J connectivity index is 1.68. The van der Waals surface area contributed by atoms with Crippen molar-refractivity contribution in [2.24, 2.45) is 0 Å². The molecule has 3 rings (SSSR count). The molecule has 1 aromatic carbocycles. The molecule has 0 bridgehead atoms. The van der Waals surface area contributed by atoms with Gasteiger partial charge in [0.1, 0.15) is 11.5 Å². The van der Waals surface area contributed by atoms with Crippen LogP contribution in [0.1, 0.15) is 17.0 Å². The lowest BCUT2D eigenvalue weighted by Crippen LogP contribution is -2.09. The predicted octanol–water partition coefficient (Wildman–Crippen LogP) is 3.55. The number of nitrogens with one attached hydrogen (secondary N) is 1. The highest BCUT2D eigenvalue weighted by molar-refractivity contribution is 6.01. The monoisotopic (exact) mass is 378 g/mol. The third kappa shape index (κ3) is 4.56. The maximum atomic E-state index is 12.2. The number of carbonyl (C=O) groups is 1. The molecule has 7 heteroatoms. The first-order valence-electron chi connectivity index (χ1n) is 8.70. The van der Waals surface area contributed by atoms with Crippen LogP contribution in [0.25, 0.3) is 11.9 Å². The van der Waals surface area contributed by atoms with E-state index in [0.717, 1.165) is 17.0 Å². The molecule has 1 amide bonds. The minimum Gasteiger partial charge on any atom is -0.497 e. The van der Waals surface area contributed by atoms with E-state index in [9.17, 15) is 4.79 Å². The van der Waals surface area contributed by atoms with Gasteiger partial charge in [0.2, 0.25) is 5.91 Å². The first-order valence-corrected chi connectivity index (χ1v) is 8.70. The van der Waals surface area contributed by atoms with Gasteiger partial charge in [-0.3, -0.25) is 4.79 Å². The molecule has 0 aliphatic heterocycles. The number of anilines is 1. The number of ether oxygens (including phenoxy) is 2. The van der Waals surface area contributed by atoms with Crippen molar-refractivity contribution in [1.82, 2.24) is 14.8 Å². The zero-order valence-corrected chi connectivity index (χ0v) is 16.3. The lowest BCUT2D eigenvalue weighted by molar-refractivity contribution is -0.111. The molecule has 0 radical (unpaired) electrons. The summed E-state index contributed by atoms with van der Waals surface area (Å²) in [6.07, 6.45) is 4.74. The van der Waals surface area contributed by atoms with Crippen LogP contribution in [0.5, 0.6) is 11.5 Å². The number of amides is 1. The van der Waals surface area contributed by atoms with Gasteiger partial charge in [-0.25, -0.2) is 9.67 Å². The Morgan fingerprint density at radius 1 is 1.07 bits per heavy atom. The molecular formula is C21H22N4O3. The first kappa shape index (κ1) is 19.2. The first-order chi connectivity index (χ1) is 13.5. The van der Waals surface area contributed by atoms with E-state index in [0.29, 0.717) is 23.0 Å². The van der Waals surface area contributed by atoms with Crippen LogP contribution < -0.4 is 14.8 Å². The van der Waals surface area contributed by atoms with E-state index in [1.807, 2.05) is 38.1 Å². The van der Waals surface area contributed by atoms with E-state index < -0.39 is 0 Å². The Bertz CT molecular complexity index is 985. The van der Waals surface area contributed by atoms with E-state index in [2.05, 4.69) is 15.4 Å². The molecule has 0 aliphatic rings. The summed E-state index contributed by atoms with van der Waals surface area (Å²) < 4.78 is 12.2. The van der Waals surface area contributed by atoms with Crippen molar-refractivity contribution in [3.63, 3.8) is 0 Å². The number of hydrogen-bond donors (Lipinski definition) is 1. The summed E-state index contributed by atoms with van der Waals surface area (Å²) in [4.78, 5) is 16.6. The molecule has 0 saturated heterocycles. The van der Waals surface area contributed by atoms with Gasteiger partial charge in [0, 0.05) is 17.8 Å². The molecule has 0 unspecified atom stereocenters. The topological polar surface area (TPSA) is 78.3 Å². The normalized spacial score (nSPS) is 10.9. The fourth-order valence-corrected chi connectivity index (χ4v) is 2.73. The smallest absolute Gasteiger partial charge is 0.248 e. The van der Waals surface area contributed by atoms with Crippen LogP contribution in [-0.2, 0) is 4.79 Å². The summed E-state index contributed by atoms with van der Waals surface area (Å²) in [5.41, 5.74) is 3.32. The number of pyridine rings is 1. The molecule has 3 aromatic rings. The second kappa shape index (κ2) is 8.39. The van der Waals surface area contributed by atoms with Gasteiger partial charge in [0.25, 0.3) is 0 Å². The van der Waals surface area contributed by atoms with E-state index in [4.69, 9.17) is 9.47 Å². The van der Waals surface area contributed by atoms with Crippen molar-refractivity contribution in [2.45, 2.75) is 13.8 Å².